The Morgan fingerprint density at radius 2 is 0.717 bits per heavy atom. The molecule has 262 valence electrons. The van der Waals surface area contributed by atoms with Gasteiger partial charge < -0.3 is 18.6 Å². The van der Waals surface area contributed by atoms with Crippen LogP contribution < -0.4 is 10.9 Å². The van der Waals surface area contributed by atoms with Gasteiger partial charge in [-0.05, 0) is 145 Å². The zero-order chi connectivity index (χ0) is 36.7. The van der Waals surface area contributed by atoms with Gasteiger partial charge in [0.25, 0.3) is 0 Å². The topological polar surface area (TPSA) is 36.9 Å². The highest BCUT2D eigenvalue weighted by atomic mass is 16.7. The van der Waals surface area contributed by atoms with E-state index in [9.17, 15) is 0 Å². The van der Waals surface area contributed by atoms with E-state index < -0.39 is 42.1 Å². The molecular weight excluding hydrogens is 650 g/mol. The highest BCUT2D eigenvalue weighted by Crippen LogP contribution is 2.61. The molecule has 6 heteroatoms. The molecule has 6 aromatic carbocycles. The Balaban J connectivity index is 1.34. The van der Waals surface area contributed by atoms with E-state index in [4.69, 9.17) is 18.6 Å². The summed E-state index contributed by atoms with van der Waals surface area (Å²) in [7, 11) is -1.02. The van der Waals surface area contributed by atoms with Crippen molar-refractivity contribution in [2.75, 3.05) is 0 Å². The van der Waals surface area contributed by atoms with Crippen LogP contribution in [0, 0.1) is 0 Å². The quantitative estimate of drug-likeness (QED) is 0.169. The van der Waals surface area contributed by atoms with Crippen molar-refractivity contribution in [3.8, 4) is 33.4 Å². The van der Waals surface area contributed by atoms with Gasteiger partial charge in [-0.2, -0.15) is 0 Å². The Morgan fingerprint density at radius 1 is 0.340 bits per heavy atom. The monoisotopic (exact) mass is 694 g/mol. The third-order valence-corrected chi connectivity index (χ3v) is 13.4. The Kier molecular flexibility index (Phi) is 6.77. The highest BCUT2D eigenvalue weighted by molar-refractivity contribution is 6.62. The van der Waals surface area contributed by atoms with Crippen molar-refractivity contribution in [3.63, 3.8) is 0 Å². The standard InChI is InChI=1S/C47H44B2O4/c1-43(2)44(3,4)51-48(50-43)31-21-23-36-33-17-11-12-18-34(33)37-24-22-32(49-52-45(5,6)46(7,8)53-49)28-42(37)47(41(36)27-31)39-20-14-13-19-35(39)38-25-29-15-9-10-16-30(29)26-40(38)47/h9-28H,1-8H3. The van der Waals surface area contributed by atoms with Crippen molar-refractivity contribution < 1.29 is 18.6 Å². The molecule has 0 unspecified atom stereocenters. The lowest BCUT2D eigenvalue weighted by atomic mass is 9.62. The summed E-state index contributed by atoms with van der Waals surface area (Å²) in [6.45, 7) is 17.0. The van der Waals surface area contributed by atoms with Crippen LogP contribution in [0.15, 0.2) is 121 Å². The van der Waals surface area contributed by atoms with Gasteiger partial charge >= 0.3 is 14.2 Å². The van der Waals surface area contributed by atoms with Gasteiger partial charge in [-0.25, -0.2) is 0 Å². The van der Waals surface area contributed by atoms with Crippen molar-refractivity contribution in [3.05, 3.63) is 144 Å². The van der Waals surface area contributed by atoms with Gasteiger partial charge in [0.2, 0.25) is 0 Å². The van der Waals surface area contributed by atoms with Crippen molar-refractivity contribution in [1.29, 1.82) is 0 Å². The summed E-state index contributed by atoms with van der Waals surface area (Å²) in [5.41, 5.74) is 11.7. The minimum Gasteiger partial charge on any atom is -0.399 e. The highest BCUT2D eigenvalue weighted by Gasteiger charge is 2.55. The normalized spacial score (nSPS) is 20.5. The van der Waals surface area contributed by atoms with Crippen LogP contribution in [0.1, 0.15) is 77.6 Å². The molecule has 2 saturated heterocycles. The van der Waals surface area contributed by atoms with E-state index in [1.54, 1.807) is 0 Å². The number of hydrogen-bond acceptors (Lipinski definition) is 4. The van der Waals surface area contributed by atoms with E-state index >= 15 is 0 Å². The number of fused-ring (bicyclic) bond motifs is 13. The molecule has 2 aliphatic carbocycles. The van der Waals surface area contributed by atoms with Gasteiger partial charge in [0.05, 0.1) is 27.8 Å². The lowest BCUT2D eigenvalue weighted by Crippen LogP contribution is -2.41. The summed E-state index contributed by atoms with van der Waals surface area (Å²) in [6, 6.07) is 45.2. The molecule has 4 aliphatic rings. The fourth-order valence-corrected chi connectivity index (χ4v) is 9.11. The first-order valence-electron chi connectivity index (χ1n) is 18.9. The number of hydrogen-bond donors (Lipinski definition) is 0. The number of rotatable bonds is 2. The third kappa shape index (κ3) is 4.47. The molecule has 0 amide bonds. The summed E-state index contributed by atoms with van der Waals surface area (Å²) < 4.78 is 26.9. The van der Waals surface area contributed by atoms with E-state index in [0.717, 1.165) is 10.9 Å². The lowest BCUT2D eigenvalue weighted by Gasteiger charge is -2.36. The van der Waals surface area contributed by atoms with Gasteiger partial charge in [0, 0.05) is 0 Å². The Morgan fingerprint density at radius 3 is 1.21 bits per heavy atom. The largest absolute Gasteiger partial charge is 0.494 e. The van der Waals surface area contributed by atoms with E-state index in [0.29, 0.717) is 0 Å². The SMILES string of the molecule is CC1(C)OB(c2ccc3c(c2)C2(c4cc(B5OC(C)(C)C(C)(C)O5)ccc4-c4ccccc4-3)c3ccccc3-c3cc4ccccc4cc32)OC1(C)C. The summed E-state index contributed by atoms with van der Waals surface area (Å²) >= 11 is 0. The second-order valence-corrected chi connectivity index (χ2v) is 17.4. The molecule has 0 aromatic heterocycles. The maximum absolute atomic E-state index is 6.73. The van der Waals surface area contributed by atoms with E-state index in [1.807, 2.05) is 0 Å². The summed E-state index contributed by atoms with van der Waals surface area (Å²) in [5, 5.41) is 2.44. The molecule has 4 nitrogen and oxygen atoms in total. The molecule has 0 saturated carbocycles. The van der Waals surface area contributed by atoms with Gasteiger partial charge in [0.1, 0.15) is 0 Å². The van der Waals surface area contributed by atoms with E-state index in [1.165, 1.54) is 66.4 Å². The van der Waals surface area contributed by atoms with Gasteiger partial charge in [0.15, 0.2) is 0 Å². The van der Waals surface area contributed by atoms with Crippen molar-refractivity contribution in [2.24, 2.45) is 0 Å². The van der Waals surface area contributed by atoms with Crippen LogP contribution in [-0.4, -0.2) is 36.6 Å². The summed E-state index contributed by atoms with van der Waals surface area (Å²) in [4.78, 5) is 0. The zero-order valence-electron chi connectivity index (χ0n) is 31.8. The van der Waals surface area contributed by atoms with Crippen LogP contribution in [0.3, 0.4) is 0 Å². The van der Waals surface area contributed by atoms with Crippen LogP contribution in [0.5, 0.6) is 0 Å². The van der Waals surface area contributed by atoms with Crippen molar-refractivity contribution in [2.45, 2.75) is 83.2 Å². The van der Waals surface area contributed by atoms with Crippen LogP contribution in [0.4, 0.5) is 0 Å². The van der Waals surface area contributed by atoms with Crippen LogP contribution in [-0.2, 0) is 24.0 Å². The molecule has 0 atom stereocenters. The van der Waals surface area contributed by atoms with E-state index in [-0.39, 0.29) is 0 Å². The molecule has 2 heterocycles. The molecule has 0 bridgehead atoms. The van der Waals surface area contributed by atoms with E-state index in [2.05, 4.69) is 177 Å². The number of benzene rings is 6. The molecule has 0 N–H and O–H groups in total. The summed E-state index contributed by atoms with van der Waals surface area (Å²) in [6.07, 6.45) is 0. The molecule has 10 rings (SSSR count). The molecule has 6 aromatic rings. The first-order valence-corrected chi connectivity index (χ1v) is 18.9. The van der Waals surface area contributed by atoms with Crippen molar-refractivity contribution >= 4 is 35.9 Å². The van der Waals surface area contributed by atoms with Crippen LogP contribution in [0.2, 0.25) is 0 Å². The first-order chi connectivity index (χ1) is 25.2. The Bertz CT molecular complexity index is 2370. The fraction of sp³-hybridized carbons (Fsp3) is 0.277. The Labute approximate surface area is 313 Å². The van der Waals surface area contributed by atoms with Gasteiger partial charge in [-0.3, -0.25) is 0 Å². The van der Waals surface area contributed by atoms with Crippen molar-refractivity contribution in [1.82, 2.24) is 0 Å². The lowest BCUT2D eigenvalue weighted by molar-refractivity contribution is 0.00578. The fourth-order valence-electron chi connectivity index (χ4n) is 9.11. The predicted molar refractivity (Wildman–Crippen MR) is 217 cm³/mol. The Hall–Kier alpha value is -4.45. The molecule has 0 radical (unpaired) electrons. The third-order valence-electron chi connectivity index (χ3n) is 13.4. The molecule has 1 spiro atoms. The van der Waals surface area contributed by atoms with Crippen LogP contribution >= 0.6 is 0 Å². The minimum absolute atomic E-state index is 0.468. The smallest absolute Gasteiger partial charge is 0.399 e. The maximum atomic E-state index is 6.73. The molecule has 53 heavy (non-hydrogen) atoms. The van der Waals surface area contributed by atoms with Gasteiger partial charge in [-0.15, -0.1) is 0 Å². The second kappa shape index (κ2) is 10.8. The maximum Gasteiger partial charge on any atom is 0.494 e. The van der Waals surface area contributed by atoms with Crippen LogP contribution in [0.25, 0.3) is 44.2 Å². The summed E-state index contributed by atoms with van der Waals surface area (Å²) in [5.74, 6) is 0. The molecule has 2 aliphatic heterocycles. The zero-order valence-corrected chi connectivity index (χ0v) is 31.8. The minimum atomic E-state index is -0.695. The average molecular weight is 694 g/mol. The first kappa shape index (κ1) is 33.1. The average Bonchev–Trinajstić information content (AvgIpc) is 3.61. The molecule has 2 fully saturated rings. The second-order valence-electron chi connectivity index (χ2n) is 17.4. The molecular formula is C47H44B2O4. The van der Waals surface area contributed by atoms with Gasteiger partial charge in [-0.1, -0.05) is 109 Å². The predicted octanol–water partition coefficient (Wildman–Crippen LogP) is 9.45.